The molecule has 0 aliphatic carbocycles. The van der Waals surface area contributed by atoms with Crippen LogP contribution in [-0.4, -0.2) is 50.6 Å². The van der Waals surface area contributed by atoms with Crippen molar-refractivity contribution in [1.29, 1.82) is 0 Å². The van der Waals surface area contributed by atoms with E-state index in [-0.39, 0.29) is 0 Å². The van der Waals surface area contributed by atoms with Crippen LogP contribution in [0.15, 0.2) is 10.9 Å². The molecule has 1 aliphatic rings. The molecule has 6 nitrogen and oxygen atoms in total. The van der Waals surface area contributed by atoms with E-state index in [9.17, 15) is 10.2 Å². The lowest BCUT2D eigenvalue weighted by Crippen LogP contribution is -2.22. The molecule has 0 saturated carbocycles. The molecule has 0 amide bonds. The minimum atomic E-state index is -0.660. The van der Waals surface area contributed by atoms with Crippen LogP contribution in [0.4, 0.5) is 0 Å². The molecule has 2 rings (SSSR count). The Labute approximate surface area is 74.8 Å². The molecule has 0 aromatic carbocycles. The molecule has 1 aliphatic heterocycles. The Hall–Kier alpha value is -0.980. The maximum Gasteiger partial charge on any atom is 0.213 e. The second-order valence-electron chi connectivity index (χ2n) is 3.18. The fraction of sp³-hybridized carbons (Fsp3) is 0.714. The lowest BCUT2D eigenvalue weighted by Gasteiger charge is -2.10. The van der Waals surface area contributed by atoms with E-state index in [2.05, 4.69) is 14.7 Å². The number of aromatic nitrogens is 2. The molecular weight excluding hydrogens is 174 g/mol. The van der Waals surface area contributed by atoms with Gasteiger partial charge >= 0.3 is 0 Å². The van der Waals surface area contributed by atoms with E-state index < -0.39 is 12.2 Å². The van der Waals surface area contributed by atoms with E-state index in [0.29, 0.717) is 25.5 Å². The smallest absolute Gasteiger partial charge is 0.213 e. The quantitative estimate of drug-likeness (QED) is 0.590. The van der Waals surface area contributed by atoms with Gasteiger partial charge in [0.25, 0.3) is 0 Å². The summed E-state index contributed by atoms with van der Waals surface area (Å²) in [7, 11) is 0. The zero-order valence-corrected chi connectivity index (χ0v) is 7.00. The summed E-state index contributed by atoms with van der Waals surface area (Å²) < 4.78 is 4.57. The Bertz CT molecular complexity index is 254. The number of likely N-dealkylation sites (tertiary alicyclic amines) is 1. The highest BCUT2D eigenvalue weighted by atomic mass is 16.5. The molecule has 1 saturated heterocycles. The van der Waals surface area contributed by atoms with Gasteiger partial charge in [-0.25, -0.2) is 0 Å². The average molecular weight is 185 g/mol. The van der Waals surface area contributed by atoms with E-state index in [0.717, 1.165) is 0 Å². The van der Waals surface area contributed by atoms with Gasteiger partial charge in [0.2, 0.25) is 6.39 Å². The topological polar surface area (TPSA) is 82.6 Å². The van der Waals surface area contributed by atoms with Gasteiger partial charge in [0.05, 0.1) is 18.8 Å². The lowest BCUT2D eigenvalue weighted by atomic mass is 10.3. The summed E-state index contributed by atoms with van der Waals surface area (Å²) in [5, 5.41) is 22.1. The third kappa shape index (κ3) is 1.85. The summed E-state index contributed by atoms with van der Waals surface area (Å²) in [5.74, 6) is 0.571. The van der Waals surface area contributed by atoms with Gasteiger partial charge in [-0.3, -0.25) is 4.90 Å². The third-order valence-electron chi connectivity index (χ3n) is 2.11. The van der Waals surface area contributed by atoms with Crippen molar-refractivity contribution in [1.82, 2.24) is 15.0 Å². The Morgan fingerprint density at radius 3 is 2.69 bits per heavy atom. The van der Waals surface area contributed by atoms with E-state index in [1.54, 1.807) is 0 Å². The summed E-state index contributed by atoms with van der Waals surface area (Å²) in [5.41, 5.74) is 0. The molecule has 6 heteroatoms. The van der Waals surface area contributed by atoms with E-state index in [1.165, 1.54) is 6.39 Å². The first-order valence-electron chi connectivity index (χ1n) is 4.09. The number of β-amino-alcohol motifs (C(OH)–C–C–N with tert-alkyl or cyclic N) is 2. The van der Waals surface area contributed by atoms with Gasteiger partial charge in [-0.2, -0.15) is 4.98 Å². The second-order valence-corrected chi connectivity index (χ2v) is 3.18. The van der Waals surface area contributed by atoms with Crippen molar-refractivity contribution < 1.29 is 14.7 Å². The summed E-state index contributed by atoms with van der Waals surface area (Å²) in [6.45, 7) is 1.41. The highest BCUT2D eigenvalue weighted by molar-refractivity contribution is 4.87. The molecule has 2 N–H and O–H groups in total. The van der Waals surface area contributed by atoms with Gasteiger partial charge in [-0.05, 0) is 0 Å². The summed E-state index contributed by atoms with van der Waals surface area (Å²) in [6, 6.07) is 0. The maximum atomic E-state index is 9.24. The van der Waals surface area contributed by atoms with Gasteiger partial charge in [-0.15, -0.1) is 0 Å². The number of aliphatic hydroxyl groups excluding tert-OH is 2. The van der Waals surface area contributed by atoms with Crippen LogP contribution < -0.4 is 0 Å². The molecule has 0 bridgehead atoms. The standard InChI is InChI=1S/C7H11N3O3/c11-5-1-10(2-6(5)12)3-7-8-4-13-9-7/h4-6,11-12H,1-3H2. The largest absolute Gasteiger partial charge is 0.389 e. The van der Waals surface area contributed by atoms with Crippen LogP contribution in [0, 0.1) is 0 Å². The zero-order chi connectivity index (χ0) is 9.26. The number of hydrogen-bond acceptors (Lipinski definition) is 6. The Balaban J connectivity index is 1.91. The van der Waals surface area contributed by atoms with Crippen LogP contribution in [0.3, 0.4) is 0 Å². The normalized spacial score (nSPS) is 29.7. The highest BCUT2D eigenvalue weighted by Crippen LogP contribution is 2.11. The first-order chi connectivity index (χ1) is 6.25. The van der Waals surface area contributed by atoms with Crippen molar-refractivity contribution in [2.75, 3.05) is 13.1 Å². The predicted molar refractivity (Wildman–Crippen MR) is 41.6 cm³/mol. The Morgan fingerprint density at radius 1 is 1.46 bits per heavy atom. The Morgan fingerprint density at radius 2 is 2.15 bits per heavy atom. The minimum Gasteiger partial charge on any atom is -0.389 e. The average Bonchev–Trinajstić information content (AvgIpc) is 2.64. The van der Waals surface area contributed by atoms with Crippen LogP contribution in [0.1, 0.15) is 5.82 Å². The van der Waals surface area contributed by atoms with E-state index >= 15 is 0 Å². The summed E-state index contributed by atoms with van der Waals surface area (Å²) in [4.78, 5) is 5.72. The fourth-order valence-corrected chi connectivity index (χ4v) is 1.44. The molecule has 2 atom stereocenters. The van der Waals surface area contributed by atoms with Crippen LogP contribution >= 0.6 is 0 Å². The van der Waals surface area contributed by atoms with Crippen molar-refractivity contribution in [3.8, 4) is 0 Å². The van der Waals surface area contributed by atoms with Gasteiger partial charge < -0.3 is 14.7 Å². The third-order valence-corrected chi connectivity index (χ3v) is 2.11. The first-order valence-corrected chi connectivity index (χ1v) is 4.09. The molecule has 1 fully saturated rings. The second kappa shape index (κ2) is 3.41. The first kappa shape index (κ1) is 8.61. The van der Waals surface area contributed by atoms with Gasteiger partial charge in [0.1, 0.15) is 0 Å². The van der Waals surface area contributed by atoms with Crippen molar-refractivity contribution in [3.05, 3.63) is 12.2 Å². The summed E-state index contributed by atoms with van der Waals surface area (Å²) >= 11 is 0. The van der Waals surface area contributed by atoms with Gasteiger partial charge in [-0.1, -0.05) is 5.16 Å². The predicted octanol–water partition coefficient (Wildman–Crippen LogP) is -1.39. The monoisotopic (exact) mass is 185 g/mol. The van der Waals surface area contributed by atoms with Crippen LogP contribution in [0.2, 0.25) is 0 Å². The van der Waals surface area contributed by atoms with Gasteiger partial charge in [0.15, 0.2) is 5.82 Å². The molecule has 2 unspecified atom stereocenters. The van der Waals surface area contributed by atoms with Crippen LogP contribution in [0.25, 0.3) is 0 Å². The fourth-order valence-electron chi connectivity index (χ4n) is 1.44. The molecule has 13 heavy (non-hydrogen) atoms. The van der Waals surface area contributed by atoms with E-state index in [4.69, 9.17) is 0 Å². The number of hydrogen-bond donors (Lipinski definition) is 2. The summed E-state index contributed by atoms with van der Waals surface area (Å²) in [6.07, 6.45) is -0.0584. The molecular formula is C7H11N3O3. The highest BCUT2D eigenvalue weighted by Gasteiger charge is 2.29. The van der Waals surface area contributed by atoms with Gasteiger partial charge in [0, 0.05) is 13.1 Å². The Kier molecular flexibility index (Phi) is 2.26. The SMILES string of the molecule is OC1CN(Cc2ncon2)CC1O. The van der Waals surface area contributed by atoms with Crippen molar-refractivity contribution in [2.45, 2.75) is 18.8 Å². The molecule has 0 spiro atoms. The van der Waals surface area contributed by atoms with E-state index in [1.807, 2.05) is 4.90 Å². The maximum absolute atomic E-state index is 9.24. The van der Waals surface area contributed by atoms with Crippen molar-refractivity contribution >= 4 is 0 Å². The van der Waals surface area contributed by atoms with Crippen LogP contribution in [0.5, 0.6) is 0 Å². The zero-order valence-electron chi connectivity index (χ0n) is 7.00. The number of rotatable bonds is 2. The number of nitrogens with zero attached hydrogens (tertiary/aromatic N) is 3. The lowest BCUT2D eigenvalue weighted by molar-refractivity contribution is 0.0572. The molecule has 72 valence electrons. The molecule has 1 aromatic heterocycles. The molecule has 2 heterocycles. The molecule has 0 radical (unpaired) electrons. The number of aliphatic hydroxyl groups is 2. The van der Waals surface area contributed by atoms with Crippen molar-refractivity contribution in [3.63, 3.8) is 0 Å². The van der Waals surface area contributed by atoms with Crippen molar-refractivity contribution in [2.24, 2.45) is 0 Å². The minimum absolute atomic E-state index is 0.454. The van der Waals surface area contributed by atoms with Crippen LogP contribution in [-0.2, 0) is 6.54 Å². The molecule has 1 aromatic rings.